The van der Waals surface area contributed by atoms with Crippen molar-refractivity contribution in [1.82, 2.24) is 20.2 Å². The number of hydrogen-bond donors (Lipinski definition) is 2. The number of likely N-dealkylation sites (tertiary alicyclic amines) is 1. The Morgan fingerprint density at radius 3 is 3.09 bits per heavy atom. The number of anilines is 2. The van der Waals surface area contributed by atoms with Gasteiger partial charge in [0.1, 0.15) is 30.7 Å². The molecule has 0 radical (unpaired) electrons. The number of hydrogen-bond acceptors (Lipinski definition) is 7. The SMILES string of the molecule is Cc1cccc(Nc2ncnc3cc4c(cc23)OC(CN2CCC3CNCC32)CO4)c1F. The number of nitrogens with zero attached hydrogens (tertiary/aromatic N) is 3. The van der Waals surface area contributed by atoms with Gasteiger partial charge < -0.3 is 20.1 Å². The summed E-state index contributed by atoms with van der Waals surface area (Å²) in [4.78, 5) is 11.3. The summed E-state index contributed by atoms with van der Waals surface area (Å²) in [5.41, 5.74) is 1.68. The molecule has 166 valence electrons. The molecule has 3 aliphatic heterocycles. The van der Waals surface area contributed by atoms with E-state index in [-0.39, 0.29) is 11.9 Å². The monoisotopic (exact) mass is 435 g/mol. The van der Waals surface area contributed by atoms with Crippen LogP contribution in [0.4, 0.5) is 15.9 Å². The summed E-state index contributed by atoms with van der Waals surface area (Å²) in [6.45, 7) is 6.41. The van der Waals surface area contributed by atoms with Crippen LogP contribution in [0.1, 0.15) is 12.0 Å². The van der Waals surface area contributed by atoms with Crippen LogP contribution in [0.2, 0.25) is 0 Å². The number of nitrogens with one attached hydrogen (secondary N) is 2. The van der Waals surface area contributed by atoms with Gasteiger partial charge >= 0.3 is 0 Å². The van der Waals surface area contributed by atoms with Crippen LogP contribution in [0.15, 0.2) is 36.7 Å². The molecule has 7 nitrogen and oxygen atoms in total. The summed E-state index contributed by atoms with van der Waals surface area (Å²) >= 11 is 0. The quantitative estimate of drug-likeness (QED) is 0.652. The Kier molecular flexibility index (Phi) is 4.84. The molecule has 8 heteroatoms. The van der Waals surface area contributed by atoms with Crippen LogP contribution >= 0.6 is 0 Å². The Hall–Kier alpha value is -2.97. The van der Waals surface area contributed by atoms with Crippen LogP contribution in [0.3, 0.4) is 0 Å². The first kappa shape index (κ1) is 19.7. The minimum Gasteiger partial charge on any atom is -0.486 e. The van der Waals surface area contributed by atoms with Crippen molar-refractivity contribution in [3.63, 3.8) is 0 Å². The topological polar surface area (TPSA) is 71.5 Å². The molecule has 2 N–H and O–H groups in total. The first-order valence-corrected chi connectivity index (χ1v) is 11.2. The van der Waals surface area contributed by atoms with Gasteiger partial charge in [0.05, 0.1) is 11.2 Å². The zero-order chi connectivity index (χ0) is 21.7. The van der Waals surface area contributed by atoms with Crippen molar-refractivity contribution in [2.45, 2.75) is 25.5 Å². The van der Waals surface area contributed by atoms with E-state index in [2.05, 4.69) is 25.5 Å². The van der Waals surface area contributed by atoms with Crippen LogP contribution in [-0.2, 0) is 0 Å². The van der Waals surface area contributed by atoms with Crippen molar-refractivity contribution in [2.24, 2.45) is 5.92 Å². The fourth-order valence-corrected chi connectivity index (χ4v) is 5.15. The van der Waals surface area contributed by atoms with Crippen molar-refractivity contribution < 1.29 is 13.9 Å². The summed E-state index contributed by atoms with van der Waals surface area (Å²) < 4.78 is 26.9. The van der Waals surface area contributed by atoms with Crippen LogP contribution in [0.25, 0.3) is 10.9 Å². The second kappa shape index (κ2) is 7.86. The smallest absolute Gasteiger partial charge is 0.163 e. The molecule has 0 amide bonds. The van der Waals surface area contributed by atoms with Gasteiger partial charge in [0.25, 0.3) is 0 Å². The molecule has 32 heavy (non-hydrogen) atoms. The fourth-order valence-electron chi connectivity index (χ4n) is 5.15. The number of aromatic nitrogens is 2. The summed E-state index contributed by atoms with van der Waals surface area (Å²) in [6, 6.07) is 9.63. The third-order valence-electron chi connectivity index (χ3n) is 6.86. The van der Waals surface area contributed by atoms with Crippen molar-refractivity contribution >= 4 is 22.4 Å². The molecule has 3 unspecified atom stereocenters. The maximum Gasteiger partial charge on any atom is 0.163 e. The van der Waals surface area contributed by atoms with Gasteiger partial charge in [-0.2, -0.15) is 0 Å². The summed E-state index contributed by atoms with van der Waals surface area (Å²) in [7, 11) is 0. The number of ether oxygens (including phenoxy) is 2. The molecule has 1 aromatic heterocycles. The normalized spacial score (nSPS) is 24.6. The van der Waals surface area contributed by atoms with Gasteiger partial charge in [-0.25, -0.2) is 14.4 Å². The van der Waals surface area contributed by atoms with Crippen molar-refractivity contribution in [3.8, 4) is 11.5 Å². The molecular formula is C24H26FN5O2. The van der Waals surface area contributed by atoms with Crippen molar-refractivity contribution in [1.29, 1.82) is 0 Å². The second-order valence-electron chi connectivity index (χ2n) is 8.92. The minimum atomic E-state index is -0.290. The van der Waals surface area contributed by atoms with E-state index in [9.17, 15) is 4.39 Å². The fraction of sp³-hybridized carbons (Fsp3) is 0.417. The molecule has 3 aliphatic rings. The summed E-state index contributed by atoms with van der Waals surface area (Å²) in [6.07, 6.45) is 2.68. The zero-order valence-electron chi connectivity index (χ0n) is 18.0. The van der Waals surface area contributed by atoms with E-state index in [0.717, 1.165) is 43.0 Å². The van der Waals surface area contributed by atoms with Gasteiger partial charge in [-0.05, 0) is 50.0 Å². The molecule has 2 saturated heterocycles. The highest BCUT2D eigenvalue weighted by atomic mass is 19.1. The van der Waals surface area contributed by atoms with Gasteiger partial charge in [-0.3, -0.25) is 4.90 Å². The van der Waals surface area contributed by atoms with E-state index in [1.807, 2.05) is 18.2 Å². The van der Waals surface area contributed by atoms with Crippen LogP contribution < -0.4 is 20.1 Å². The number of halogens is 1. The average Bonchev–Trinajstić information content (AvgIpc) is 3.41. The Balaban J connectivity index is 1.26. The highest BCUT2D eigenvalue weighted by Gasteiger charge is 2.39. The Morgan fingerprint density at radius 2 is 2.16 bits per heavy atom. The summed E-state index contributed by atoms with van der Waals surface area (Å²) in [5, 5.41) is 7.38. The molecule has 2 fully saturated rings. The first-order valence-electron chi connectivity index (χ1n) is 11.2. The lowest BCUT2D eigenvalue weighted by Crippen LogP contribution is -2.44. The third kappa shape index (κ3) is 3.43. The van der Waals surface area contributed by atoms with Crippen molar-refractivity contribution in [2.75, 3.05) is 38.1 Å². The molecule has 0 saturated carbocycles. The van der Waals surface area contributed by atoms with Gasteiger partial charge in [0.2, 0.25) is 0 Å². The maximum absolute atomic E-state index is 14.5. The molecular weight excluding hydrogens is 409 g/mol. The Labute approximate surface area is 185 Å². The van der Waals surface area contributed by atoms with Crippen LogP contribution in [-0.4, -0.2) is 59.8 Å². The number of fused-ring (bicyclic) bond motifs is 3. The largest absolute Gasteiger partial charge is 0.486 e. The molecule has 4 heterocycles. The minimum absolute atomic E-state index is 0.0328. The predicted molar refractivity (Wildman–Crippen MR) is 120 cm³/mol. The zero-order valence-corrected chi connectivity index (χ0v) is 18.0. The van der Waals surface area contributed by atoms with E-state index in [1.54, 1.807) is 19.1 Å². The van der Waals surface area contributed by atoms with Crippen molar-refractivity contribution in [3.05, 3.63) is 48.0 Å². The predicted octanol–water partition coefficient (Wildman–Crippen LogP) is 3.25. The lowest BCUT2D eigenvalue weighted by Gasteiger charge is -2.32. The lowest BCUT2D eigenvalue weighted by atomic mass is 10.1. The van der Waals surface area contributed by atoms with E-state index in [4.69, 9.17) is 9.47 Å². The lowest BCUT2D eigenvalue weighted by molar-refractivity contribution is 0.0555. The summed E-state index contributed by atoms with van der Waals surface area (Å²) in [5.74, 6) is 2.36. The Bertz CT molecular complexity index is 1170. The van der Waals surface area contributed by atoms with Gasteiger partial charge in [0.15, 0.2) is 11.5 Å². The molecule has 3 atom stereocenters. The highest BCUT2D eigenvalue weighted by molar-refractivity contribution is 5.93. The van der Waals surface area contributed by atoms with Crippen LogP contribution in [0.5, 0.6) is 11.5 Å². The molecule has 6 rings (SSSR count). The standard InChI is InChI=1S/C24H26FN5O2/c1-14-3-2-4-18(23(14)25)29-24-17-7-22-21(8-19(17)27-13-28-24)31-12-16(32-22)11-30-6-5-15-9-26-10-20(15)30/h2-4,7-8,13,15-16,20,26H,5-6,9-12H2,1H3,(H,27,28,29). The van der Waals surface area contributed by atoms with Gasteiger partial charge in [-0.1, -0.05) is 12.1 Å². The molecule has 3 aromatic rings. The van der Waals surface area contributed by atoms with E-state index < -0.39 is 0 Å². The molecule has 0 spiro atoms. The maximum atomic E-state index is 14.5. The second-order valence-corrected chi connectivity index (χ2v) is 8.92. The molecule has 2 aromatic carbocycles. The van der Waals surface area contributed by atoms with Gasteiger partial charge in [-0.15, -0.1) is 0 Å². The Morgan fingerprint density at radius 1 is 1.22 bits per heavy atom. The highest BCUT2D eigenvalue weighted by Crippen LogP contribution is 2.38. The van der Waals surface area contributed by atoms with E-state index in [0.29, 0.717) is 41.2 Å². The number of aryl methyl sites for hydroxylation is 1. The van der Waals surface area contributed by atoms with E-state index in [1.165, 1.54) is 12.7 Å². The first-order chi connectivity index (χ1) is 15.7. The van der Waals surface area contributed by atoms with E-state index >= 15 is 0 Å². The number of rotatable bonds is 4. The molecule has 0 bridgehead atoms. The third-order valence-corrected chi connectivity index (χ3v) is 6.86. The number of benzene rings is 2. The van der Waals surface area contributed by atoms with Gasteiger partial charge in [0, 0.05) is 30.6 Å². The van der Waals surface area contributed by atoms with Crippen LogP contribution in [0, 0.1) is 18.7 Å². The average molecular weight is 436 g/mol. The molecule has 0 aliphatic carbocycles.